The number of aryl methyl sites for hydroxylation is 1. The Morgan fingerprint density at radius 2 is 2.22 bits per heavy atom. The lowest BCUT2D eigenvalue weighted by molar-refractivity contribution is -0.112. The molecule has 0 fully saturated rings. The van der Waals surface area contributed by atoms with E-state index >= 15 is 0 Å². The van der Waals surface area contributed by atoms with Gasteiger partial charge >= 0.3 is 0 Å². The summed E-state index contributed by atoms with van der Waals surface area (Å²) in [5, 5.41) is 12.3. The SMILES string of the molecule is C=Cc1cc(NC(=O)/C(C)=C/CCN)cc(CC)c1OC(C)O. The molecular weight excluding hydrogens is 292 g/mol. The maximum absolute atomic E-state index is 12.2. The van der Waals surface area contributed by atoms with Gasteiger partial charge in [-0.1, -0.05) is 25.7 Å². The number of aliphatic hydroxyl groups is 1. The van der Waals surface area contributed by atoms with E-state index in [0.29, 0.717) is 36.4 Å². The number of benzene rings is 1. The van der Waals surface area contributed by atoms with Crippen LogP contribution in [0.25, 0.3) is 6.08 Å². The van der Waals surface area contributed by atoms with Crippen LogP contribution in [0.4, 0.5) is 5.69 Å². The molecule has 1 rings (SSSR count). The first-order valence-corrected chi connectivity index (χ1v) is 7.75. The molecule has 5 nitrogen and oxygen atoms in total. The van der Waals surface area contributed by atoms with Gasteiger partial charge in [-0.3, -0.25) is 4.79 Å². The van der Waals surface area contributed by atoms with Crippen LogP contribution in [-0.4, -0.2) is 23.8 Å². The van der Waals surface area contributed by atoms with E-state index < -0.39 is 6.29 Å². The van der Waals surface area contributed by atoms with E-state index in [1.807, 2.05) is 19.1 Å². The Bertz CT molecular complexity index is 592. The van der Waals surface area contributed by atoms with Crippen molar-refractivity contribution in [3.05, 3.63) is 41.5 Å². The topological polar surface area (TPSA) is 84.6 Å². The highest BCUT2D eigenvalue weighted by molar-refractivity contribution is 6.03. The largest absolute Gasteiger partial charge is 0.465 e. The second-order valence-corrected chi connectivity index (χ2v) is 5.25. The van der Waals surface area contributed by atoms with Gasteiger partial charge in [0.05, 0.1) is 0 Å². The zero-order valence-electron chi connectivity index (χ0n) is 14.1. The van der Waals surface area contributed by atoms with Crippen LogP contribution in [0.5, 0.6) is 5.75 Å². The Morgan fingerprint density at radius 3 is 2.74 bits per heavy atom. The standard InChI is InChI=1S/C18H26N2O3/c1-5-14-10-16(20-18(22)12(3)8-7-9-19)11-15(6-2)17(14)23-13(4)21/h5,8,10-11,13,21H,1,6-7,9,19H2,2-4H3,(H,20,22)/b12-8+. The Hall–Kier alpha value is -2.11. The number of carbonyl (C=O) groups is 1. The maximum Gasteiger partial charge on any atom is 0.250 e. The molecule has 0 saturated heterocycles. The van der Waals surface area contributed by atoms with E-state index in [2.05, 4.69) is 11.9 Å². The predicted octanol–water partition coefficient (Wildman–Crippen LogP) is 2.84. The van der Waals surface area contributed by atoms with Crippen molar-refractivity contribution in [2.45, 2.75) is 39.9 Å². The van der Waals surface area contributed by atoms with Gasteiger partial charge in [0.15, 0.2) is 6.29 Å². The number of anilines is 1. The highest BCUT2D eigenvalue weighted by atomic mass is 16.6. The van der Waals surface area contributed by atoms with E-state index in [1.165, 1.54) is 0 Å². The molecule has 4 N–H and O–H groups in total. The lowest BCUT2D eigenvalue weighted by Gasteiger charge is -2.17. The third-order valence-electron chi connectivity index (χ3n) is 3.32. The summed E-state index contributed by atoms with van der Waals surface area (Å²) >= 11 is 0. The molecule has 1 unspecified atom stereocenters. The maximum atomic E-state index is 12.2. The van der Waals surface area contributed by atoms with Gasteiger partial charge in [-0.2, -0.15) is 0 Å². The minimum absolute atomic E-state index is 0.167. The highest BCUT2D eigenvalue weighted by Gasteiger charge is 2.13. The van der Waals surface area contributed by atoms with Crippen molar-refractivity contribution in [3.8, 4) is 5.75 Å². The van der Waals surface area contributed by atoms with Crippen molar-refractivity contribution in [2.75, 3.05) is 11.9 Å². The van der Waals surface area contributed by atoms with E-state index in [0.717, 1.165) is 11.1 Å². The zero-order valence-corrected chi connectivity index (χ0v) is 14.1. The van der Waals surface area contributed by atoms with Crippen LogP contribution in [0.3, 0.4) is 0 Å². The molecule has 0 radical (unpaired) electrons. The van der Waals surface area contributed by atoms with Crippen LogP contribution in [0, 0.1) is 0 Å². The molecule has 5 heteroatoms. The summed E-state index contributed by atoms with van der Waals surface area (Å²) in [6, 6.07) is 3.62. The predicted molar refractivity (Wildman–Crippen MR) is 94.3 cm³/mol. The Morgan fingerprint density at radius 1 is 1.52 bits per heavy atom. The van der Waals surface area contributed by atoms with E-state index in [4.69, 9.17) is 10.5 Å². The summed E-state index contributed by atoms with van der Waals surface area (Å²) in [6.07, 6.45) is 3.91. The van der Waals surface area contributed by atoms with Crippen LogP contribution in [0.1, 0.15) is 38.3 Å². The van der Waals surface area contributed by atoms with Crippen molar-refractivity contribution in [1.82, 2.24) is 0 Å². The number of rotatable bonds is 8. The molecule has 0 bridgehead atoms. The fraction of sp³-hybridized carbons (Fsp3) is 0.389. The molecule has 1 aromatic rings. The van der Waals surface area contributed by atoms with Gasteiger partial charge in [-0.25, -0.2) is 0 Å². The molecule has 0 saturated carbocycles. The number of hydrogen-bond acceptors (Lipinski definition) is 4. The van der Waals surface area contributed by atoms with Crippen LogP contribution in [-0.2, 0) is 11.2 Å². The van der Waals surface area contributed by atoms with Crippen LogP contribution < -0.4 is 15.8 Å². The quantitative estimate of drug-likeness (QED) is 0.508. The lowest BCUT2D eigenvalue weighted by atomic mass is 10.0. The molecule has 1 atom stereocenters. The Labute approximate surface area is 137 Å². The molecule has 23 heavy (non-hydrogen) atoms. The summed E-state index contributed by atoms with van der Waals surface area (Å²) in [6.45, 7) is 9.57. The van der Waals surface area contributed by atoms with Gasteiger partial charge in [0.25, 0.3) is 5.91 Å². The first kappa shape index (κ1) is 18.9. The fourth-order valence-electron chi connectivity index (χ4n) is 2.14. The summed E-state index contributed by atoms with van der Waals surface area (Å²) in [5.74, 6) is 0.422. The van der Waals surface area contributed by atoms with Crippen molar-refractivity contribution in [2.24, 2.45) is 5.73 Å². The second kappa shape index (κ2) is 9.12. The number of aliphatic hydroxyl groups excluding tert-OH is 1. The number of amides is 1. The Balaban J connectivity index is 3.09. The van der Waals surface area contributed by atoms with Gasteiger partial charge in [-0.15, -0.1) is 0 Å². The van der Waals surface area contributed by atoms with Gasteiger partial charge < -0.3 is 20.9 Å². The first-order valence-electron chi connectivity index (χ1n) is 7.75. The van der Waals surface area contributed by atoms with E-state index in [9.17, 15) is 9.90 Å². The molecule has 1 amide bonds. The monoisotopic (exact) mass is 318 g/mol. The number of nitrogens with two attached hydrogens (primary N) is 1. The highest BCUT2D eigenvalue weighted by Crippen LogP contribution is 2.30. The molecule has 0 heterocycles. The molecule has 126 valence electrons. The van der Waals surface area contributed by atoms with Gasteiger partial charge in [-0.05, 0) is 50.9 Å². The summed E-state index contributed by atoms with van der Waals surface area (Å²) in [7, 11) is 0. The Kier molecular flexibility index (Phi) is 7.51. The smallest absolute Gasteiger partial charge is 0.250 e. The number of nitrogens with one attached hydrogen (secondary N) is 1. The molecule has 0 aliphatic heterocycles. The number of hydrogen-bond donors (Lipinski definition) is 3. The molecule has 1 aromatic carbocycles. The van der Waals surface area contributed by atoms with Crippen molar-refractivity contribution in [3.63, 3.8) is 0 Å². The van der Waals surface area contributed by atoms with Gasteiger partial charge in [0, 0.05) is 16.8 Å². The molecule has 0 aromatic heterocycles. The average molecular weight is 318 g/mol. The van der Waals surface area contributed by atoms with Crippen LogP contribution >= 0.6 is 0 Å². The van der Waals surface area contributed by atoms with Crippen molar-refractivity contribution >= 4 is 17.7 Å². The molecule has 0 aliphatic rings. The summed E-state index contributed by atoms with van der Waals surface area (Å²) in [4.78, 5) is 12.2. The van der Waals surface area contributed by atoms with Crippen LogP contribution in [0.15, 0.2) is 30.4 Å². The lowest BCUT2D eigenvalue weighted by Crippen LogP contribution is -2.15. The van der Waals surface area contributed by atoms with E-state index in [-0.39, 0.29) is 5.91 Å². The fourth-order valence-corrected chi connectivity index (χ4v) is 2.14. The average Bonchev–Trinajstić information content (AvgIpc) is 2.52. The minimum Gasteiger partial charge on any atom is -0.465 e. The zero-order chi connectivity index (χ0) is 17.4. The third-order valence-corrected chi connectivity index (χ3v) is 3.32. The normalized spacial score (nSPS) is 12.7. The second-order valence-electron chi connectivity index (χ2n) is 5.25. The van der Waals surface area contributed by atoms with Gasteiger partial charge in [0.2, 0.25) is 0 Å². The van der Waals surface area contributed by atoms with Gasteiger partial charge in [0.1, 0.15) is 5.75 Å². The first-order chi connectivity index (χ1) is 10.9. The summed E-state index contributed by atoms with van der Waals surface area (Å²) in [5.41, 5.74) is 8.35. The molecule has 0 aliphatic carbocycles. The van der Waals surface area contributed by atoms with Crippen molar-refractivity contribution < 1.29 is 14.6 Å². The molecule has 0 spiro atoms. The minimum atomic E-state index is -0.916. The van der Waals surface area contributed by atoms with Crippen molar-refractivity contribution in [1.29, 1.82) is 0 Å². The number of ether oxygens (including phenoxy) is 1. The summed E-state index contributed by atoms with van der Waals surface area (Å²) < 4.78 is 5.47. The van der Waals surface area contributed by atoms with Crippen LogP contribution in [0.2, 0.25) is 0 Å². The number of carbonyl (C=O) groups excluding carboxylic acids is 1. The molecular formula is C18H26N2O3. The van der Waals surface area contributed by atoms with E-state index in [1.54, 1.807) is 26.0 Å². The third kappa shape index (κ3) is 5.54.